The average Bonchev–Trinajstić information content (AvgIpc) is 3.21. The van der Waals surface area contributed by atoms with Gasteiger partial charge in [0.1, 0.15) is 11.5 Å². The lowest BCUT2D eigenvalue weighted by Crippen LogP contribution is -2.48. The van der Waals surface area contributed by atoms with E-state index < -0.39 is 0 Å². The molecule has 4 rings (SSSR count). The second-order valence-electron chi connectivity index (χ2n) is 7.18. The fourth-order valence-electron chi connectivity index (χ4n) is 3.85. The normalized spacial score (nSPS) is 16.6. The van der Waals surface area contributed by atoms with Crippen LogP contribution in [0, 0.1) is 0 Å². The number of amides is 1. The van der Waals surface area contributed by atoms with Crippen molar-refractivity contribution >= 4 is 17.7 Å². The molecule has 0 saturated carbocycles. The lowest BCUT2D eigenvalue weighted by Gasteiger charge is -2.35. The number of hydrogen-bond acceptors (Lipinski definition) is 5. The standard InChI is InChI=1S/C22H26N2O3S/c1-26-21-14-18(28-2)4-5-19(21)22(25)24-10-8-23(9-11-24)15-16-3-6-20-17(13-16)7-12-27-20/h3-6,13-14H,7-12,15H2,1-2H3. The zero-order valence-electron chi connectivity index (χ0n) is 16.4. The number of piperazine rings is 1. The molecule has 0 aromatic heterocycles. The zero-order valence-corrected chi connectivity index (χ0v) is 17.3. The third kappa shape index (κ3) is 3.98. The number of carbonyl (C=O) groups excluding carboxylic acids is 1. The highest BCUT2D eigenvalue weighted by Crippen LogP contribution is 2.28. The first kappa shape index (κ1) is 19.2. The molecule has 2 aromatic rings. The molecule has 2 aliphatic rings. The quantitative estimate of drug-likeness (QED) is 0.723. The summed E-state index contributed by atoms with van der Waals surface area (Å²) in [6, 6.07) is 12.3. The molecule has 6 heteroatoms. The van der Waals surface area contributed by atoms with Crippen LogP contribution in [0.4, 0.5) is 0 Å². The SMILES string of the molecule is COc1cc(SC)ccc1C(=O)N1CCN(Cc2ccc3c(c2)CCO3)CC1. The van der Waals surface area contributed by atoms with Crippen LogP contribution in [0.2, 0.25) is 0 Å². The van der Waals surface area contributed by atoms with E-state index in [1.807, 2.05) is 29.4 Å². The number of fused-ring (bicyclic) bond motifs is 1. The highest BCUT2D eigenvalue weighted by Gasteiger charge is 2.24. The Balaban J connectivity index is 1.37. The van der Waals surface area contributed by atoms with Gasteiger partial charge in [-0.15, -0.1) is 11.8 Å². The molecule has 0 spiro atoms. The van der Waals surface area contributed by atoms with E-state index in [4.69, 9.17) is 9.47 Å². The Hall–Kier alpha value is -2.18. The van der Waals surface area contributed by atoms with E-state index in [1.54, 1.807) is 18.9 Å². The maximum atomic E-state index is 13.0. The van der Waals surface area contributed by atoms with Crippen molar-refractivity contribution in [2.24, 2.45) is 0 Å². The molecule has 28 heavy (non-hydrogen) atoms. The molecule has 1 amide bonds. The van der Waals surface area contributed by atoms with Crippen LogP contribution in [0.3, 0.4) is 0 Å². The van der Waals surface area contributed by atoms with Gasteiger partial charge in [0.25, 0.3) is 5.91 Å². The predicted molar refractivity (Wildman–Crippen MR) is 112 cm³/mol. The fourth-order valence-corrected chi connectivity index (χ4v) is 4.28. The first-order valence-electron chi connectivity index (χ1n) is 9.66. The molecule has 2 aliphatic heterocycles. The first-order chi connectivity index (χ1) is 13.7. The van der Waals surface area contributed by atoms with E-state index in [0.717, 1.165) is 56.4 Å². The zero-order chi connectivity index (χ0) is 19.5. The highest BCUT2D eigenvalue weighted by molar-refractivity contribution is 7.98. The predicted octanol–water partition coefficient (Wildman–Crippen LogP) is 3.31. The third-order valence-corrected chi connectivity index (χ3v) is 6.18. The van der Waals surface area contributed by atoms with Crippen LogP contribution in [0.25, 0.3) is 0 Å². The van der Waals surface area contributed by atoms with Gasteiger partial charge in [-0.3, -0.25) is 9.69 Å². The van der Waals surface area contributed by atoms with Gasteiger partial charge in [0.15, 0.2) is 0 Å². The van der Waals surface area contributed by atoms with Gasteiger partial charge in [-0.2, -0.15) is 0 Å². The van der Waals surface area contributed by atoms with Crippen molar-refractivity contribution in [2.45, 2.75) is 17.9 Å². The Morgan fingerprint density at radius 1 is 1.14 bits per heavy atom. The fraction of sp³-hybridized carbons (Fsp3) is 0.409. The molecular formula is C22H26N2O3S. The Morgan fingerprint density at radius 2 is 1.96 bits per heavy atom. The van der Waals surface area contributed by atoms with E-state index >= 15 is 0 Å². The summed E-state index contributed by atoms with van der Waals surface area (Å²) in [7, 11) is 1.62. The Kier molecular flexibility index (Phi) is 5.78. The number of ether oxygens (including phenoxy) is 2. The topological polar surface area (TPSA) is 42.0 Å². The third-order valence-electron chi connectivity index (χ3n) is 5.46. The van der Waals surface area contributed by atoms with Gasteiger partial charge >= 0.3 is 0 Å². The molecular weight excluding hydrogens is 372 g/mol. The molecule has 1 saturated heterocycles. The molecule has 0 unspecified atom stereocenters. The average molecular weight is 399 g/mol. The molecule has 0 bridgehead atoms. The molecule has 0 aliphatic carbocycles. The second kappa shape index (κ2) is 8.45. The number of rotatable bonds is 5. The van der Waals surface area contributed by atoms with Crippen LogP contribution in [-0.4, -0.2) is 61.9 Å². The summed E-state index contributed by atoms with van der Waals surface area (Å²) in [5.41, 5.74) is 3.28. The molecule has 0 N–H and O–H groups in total. The van der Waals surface area contributed by atoms with Crippen molar-refractivity contribution in [3.63, 3.8) is 0 Å². The van der Waals surface area contributed by atoms with E-state index in [0.29, 0.717) is 11.3 Å². The maximum absolute atomic E-state index is 13.0. The summed E-state index contributed by atoms with van der Waals surface area (Å²) in [6.45, 7) is 4.94. The van der Waals surface area contributed by atoms with Gasteiger partial charge in [-0.25, -0.2) is 0 Å². The van der Waals surface area contributed by atoms with E-state index in [9.17, 15) is 4.79 Å². The summed E-state index contributed by atoms with van der Waals surface area (Å²) in [5.74, 6) is 1.74. The Labute approximate surface area is 170 Å². The van der Waals surface area contributed by atoms with Gasteiger partial charge < -0.3 is 14.4 Å². The summed E-state index contributed by atoms with van der Waals surface area (Å²) >= 11 is 1.64. The van der Waals surface area contributed by atoms with Crippen molar-refractivity contribution < 1.29 is 14.3 Å². The largest absolute Gasteiger partial charge is 0.496 e. The molecule has 0 atom stereocenters. The second-order valence-corrected chi connectivity index (χ2v) is 8.05. The number of nitrogens with zero attached hydrogens (tertiary/aromatic N) is 2. The number of thioether (sulfide) groups is 1. The summed E-state index contributed by atoms with van der Waals surface area (Å²) < 4.78 is 11.0. The van der Waals surface area contributed by atoms with Crippen LogP contribution in [0.15, 0.2) is 41.3 Å². The molecule has 5 nitrogen and oxygen atoms in total. The van der Waals surface area contributed by atoms with Crippen LogP contribution in [0.1, 0.15) is 21.5 Å². The van der Waals surface area contributed by atoms with Crippen molar-refractivity contribution in [1.29, 1.82) is 0 Å². The van der Waals surface area contributed by atoms with E-state index in [2.05, 4.69) is 23.1 Å². The highest BCUT2D eigenvalue weighted by atomic mass is 32.2. The summed E-state index contributed by atoms with van der Waals surface area (Å²) in [5, 5.41) is 0. The number of hydrogen-bond donors (Lipinski definition) is 0. The number of methoxy groups -OCH3 is 1. The molecule has 0 radical (unpaired) electrons. The molecule has 2 aromatic carbocycles. The number of benzene rings is 2. The maximum Gasteiger partial charge on any atom is 0.257 e. The van der Waals surface area contributed by atoms with Crippen molar-refractivity contribution in [3.05, 3.63) is 53.1 Å². The minimum Gasteiger partial charge on any atom is -0.496 e. The van der Waals surface area contributed by atoms with Gasteiger partial charge in [0.05, 0.1) is 19.3 Å². The van der Waals surface area contributed by atoms with Gasteiger partial charge in [-0.1, -0.05) is 12.1 Å². The monoisotopic (exact) mass is 398 g/mol. The van der Waals surface area contributed by atoms with Gasteiger partial charge in [0, 0.05) is 44.0 Å². The summed E-state index contributed by atoms with van der Waals surface area (Å²) in [6.07, 6.45) is 3.02. The van der Waals surface area contributed by atoms with E-state index in [1.165, 1.54) is 11.1 Å². The molecule has 1 fully saturated rings. The molecule has 148 valence electrons. The smallest absolute Gasteiger partial charge is 0.257 e. The lowest BCUT2D eigenvalue weighted by atomic mass is 10.1. The Bertz CT molecular complexity index is 863. The van der Waals surface area contributed by atoms with Crippen LogP contribution >= 0.6 is 11.8 Å². The van der Waals surface area contributed by atoms with Crippen LogP contribution in [0.5, 0.6) is 11.5 Å². The van der Waals surface area contributed by atoms with Crippen LogP contribution in [-0.2, 0) is 13.0 Å². The van der Waals surface area contributed by atoms with E-state index in [-0.39, 0.29) is 5.91 Å². The van der Waals surface area contributed by atoms with Crippen molar-refractivity contribution in [1.82, 2.24) is 9.80 Å². The minimum absolute atomic E-state index is 0.0545. The number of carbonyl (C=O) groups is 1. The first-order valence-corrected chi connectivity index (χ1v) is 10.9. The van der Waals surface area contributed by atoms with Crippen molar-refractivity contribution in [3.8, 4) is 11.5 Å². The Morgan fingerprint density at radius 3 is 2.71 bits per heavy atom. The minimum atomic E-state index is 0.0545. The molecule has 2 heterocycles. The summed E-state index contributed by atoms with van der Waals surface area (Å²) in [4.78, 5) is 18.4. The van der Waals surface area contributed by atoms with Crippen molar-refractivity contribution in [2.75, 3.05) is 46.2 Å². The van der Waals surface area contributed by atoms with Gasteiger partial charge in [0.2, 0.25) is 0 Å². The lowest BCUT2D eigenvalue weighted by molar-refractivity contribution is 0.0625. The van der Waals surface area contributed by atoms with Crippen LogP contribution < -0.4 is 9.47 Å². The van der Waals surface area contributed by atoms with Gasteiger partial charge in [-0.05, 0) is 41.6 Å².